The SMILES string of the molecule is COC(=O)c1cccc(Nc2nccc(NCc3ccco3)n2)c1. The van der Waals surface area contributed by atoms with Crippen LogP contribution in [-0.4, -0.2) is 23.0 Å². The molecule has 0 amide bonds. The molecule has 0 saturated heterocycles. The van der Waals surface area contributed by atoms with Gasteiger partial charge in [-0.15, -0.1) is 0 Å². The Morgan fingerprint density at radius 3 is 2.96 bits per heavy atom. The number of methoxy groups -OCH3 is 1. The van der Waals surface area contributed by atoms with E-state index in [0.717, 1.165) is 5.76 Å². The van der Waals surface area contributed by atoms with E-state index in [2.05, 4.69) is 20.6 Å². The minimum atomic E-state index is -0.395. The van der Waals surface area contributed by atoms with E-state index >= 15 is 0 Å². The van der Waals surface area contributed by atoms with Crippen LogP contribution in [0.2, 0.25) is 0 Å². The van der Waals surface area contributed by atoms with E-state index in [-0.39, 0.29) is 0 Å². The number of carbonyl (C=O) groups excluding carboxylic acids is 1. The smallest absolute Gasteiger partial charge is 0.337 e. The lowest BCUT2D eigenvalue weighted by Gasteiger charge is -2.08. The molecule has 0 fully saturated rings. The topological polar surface area (TPSA) is 89.3 Å². The van der Waals surface area contributed by atoms with Gasteiger partial charge >= 0.3 is 5.97 Å². The Kier molecular flexibility index (Phi) is 4.71. The third-order valence-electron chi connectivity index (χ3n) is 3.22. The summed E-state index contributed by atoms with van der Waals surface area (Å²) in [5, 5.41) is 6.22. The second-order valence-electron chi connectivity index (χ2n) is 4.90. The Bertz CT molecular complexity index is 818. The summed E-state index contributed by atoms with van der Waals surface area (Å²) in [7, 11) is 1.35. The third-order valence-corrected chi connectivity index (χ3v) is 3.22. The molecule has 7 heteroatoms. The van der Waals surface area contributed by atoms with E-state index in [1.165, 1.54) is 7.11 Å². The molecule has 0 radical (unpaired) electrons. The summed E-state index contributed by atoms with van der Waals surface area (Å²) in [6, 6.07) is 12.4. The Morgan fingerprint density at radius 1 is 1.25 bits per heavy atom. The van der Waals surface area contributed by atoms with Crippen LogP contribution in [0.5, 0.6) is 0 Å². The van der Waals surface area contributed by atoms with Gasteiger partial charge in [0.2, 0.25) is 5.95 Å². The first kappa shape index (κ1) is 15.5. The van der Waals surface area contributed by atoms with E-state index in [4.69, 9.17) is 9.15 Å². The molecule has 3 aromatic rings. The molecule has 2 N–H and O–H groups in total. The lowest BCUT2D eigenvalue weighted by Crippen LogP contribution is -2.05. The number of furan rings is 1. The van der Waals surface area contributed by atoms with Crippen LogP contribution < -0.4 is 10.6 Å². The number of hydrogen-bond donors (Lipinski definition) is 2. The van der Waals surface area contributed by atoms with Crippen LogP contribution in [0.25, 0.3) is 0 Å². The molecule has 3 rings (SSSR count). The molecular weight excluding hydrogens is 308 g/mol. The number of nitrogens with one attached hydrogen (secondary N) is 2. The zero-order valence-corrected chi connectivity index (χ0v) is 13.0. The van der Waals surface area contributed by atoms with Gasteiger partial charge in [-0.05, 0) is 36.4 Å². The molecule has 7 nitrogen and oxygen atoms in total. The standard InChI is InChI=1S/C17H16N4O3/c1-23-16(22)12-4-2-5-13(10-12)20-17-18-8-7-15(21-17)19-11-14-6-3-9-24-14/h2-10H,11H2,1H3,(H2,18,19,20,21). The molecule has 0 saturated carbocycles. The molecule has 1 aromatic carbocycles. The average molecular weight is 324 g/mol. The van der Waals surface area contributed by atoms with Crippen LogP contribution in [0.3, 0.4) is 0 Å². The average Bonchev–Trinajstić information content (AvgIpc) is 3.13. The fourth-order valence-electron chi connectivity index (χ4n) is 2.08. The number of carbonyl (C=O) groups is 1. The Labute approximate surface area is 138 Å². The van der Waals surface area contributed by atoms with Crippen LogP contribution in [0.4, 0.5) is 17.5 Å². The Balaban J connectivity index is 1.69. The minimum absolute atomic E-state index is 0.395. The van der Waals surface area contributed by atoms with Gasteiger partial charge in [0.15, 0.2) is 0 Å². The monoisotopic (exact) mass is 324 g/mol. The van der Waals surface area contributed by atoms with Gasteiger partial charge in [0.25, 0.3) is 0 Å². The normalized spacial score (nSPS) is 10.2. The summed E-state index contributed by atoms with van der Waals surface area (Å²) >= 11 is 0. The number of esters is 1. The molecule has 24 heavy (non-hydrogen) atoms. The molecule has 2 heterocycles. The van der Waals surface area contributed by atoms with Crippen molar-refractivity contribution in [3.05, 3.63) is 66.2 Å². The van der Waals surface area contributed by atoms with Crippen LogP contribution in [-0.2, 0) is 11.3 Å². The fourth-order valence-corrected chi connectivity index (χ4v) is 2.08. The van der Waals surface area contributed by atoms with Crippen molar-refractivity contribution in [1.82, 2.24) is 9.97 Å². The summed E-state index contributed by atoms with van der Waals surface area (Å²) < 4.78 is 9.97. The lowest BCUT2D eigenvalue weighted by atomic mass is 10.2. The van der Waals surface area contributed by atoms with E-state index in [1.807, 2.05) is 18.2 Å². The van der Waals surface area contributed by atoms with Crippen LogP contribution in [0.15, 0.2) is 59.3 Å². The first-order valence-corrected chi connectivity index (χ1v) is 7.29. The number of anilines is 3. The molecule has 0 bridgehead atoms. The van der Waals surface area contributed by atoms with Gasteiger partial charge in [0.1, 0.15) is 11.6 Å². The van der Waals surface area contributed by atoms with Gasteiger partial charge < -0.3 is 19.8 Å². The van der Waals surface area contributed by atoms with Crippen molar-refractivity contribution in [1.29, 1.82) is 0 Å². The molecular formula is C17H16N4O3. The number of aromatic nitrogens is 2. The quantitative estimate of drug-likeness (QED) is 0.673. The van der Waals surface area contributed by atoms with E-state index in [0.29, 0.717) is 29.6 Å². The van der Waals surface area contributed by atoms with Crippen molar-refractivity contribution in [2.75, 3.05) is 17.7 Å². The number of ether oxygens (including phenoxy) is 1. The van der Waals surface area contributed by atoms with Gasteiger partial charge in [0.05, 0.1) is 25.5 Å². The van der Waals surface area contributed by atoms with Gasteiger partial charge in [0, 0.05) is 11.9 Å². The molecule has 0 aliphatic carbocycles. The predicted molar refractivity (Wildman–Crippen MR) is 89.1 cm³/mol. The van der Waals surface area contributed by atoms with E-state index < -0.39 is 5.97 Å². The summed E-state index contributed by atoms with van der Waals surface area (Å²) in [4.78, 5) is 20.1. The van der Waals surface area contributed by atoms with E-state index in [9.17, 15) is 4.79 Å². The van der Waals surface area contributed by atoms with Crippen molar-refractivity contribution >= 4 is 23.4 Å². The lowest BCUT2D eigenvalue weighted by molar-refractivity contribution is 0.0601. The maximum atomic E-state index is 11.6. The van der Waals surface area contributed by atoms with Gasteiger partial charge in [-0.3, -0.25) is 0 Å². The highest BCUT2D eigenvalue weighted by Gasteiger charge is 2.07. The van der Waals surface area contributed by atoms with Crippen LogP contribution >= 0.6 is 0 Å². The minimum Gasteiger partial charge on any atom is -0.467 e. The van der Waals surface area contributed by atoms with E-state index in [1.54, 1.807) is 36.7 Å². The number of rotatable bonds is 6. The Hall–Kier alpha value is -3.35. The second-order valence-corrected chi connectivity index (χ2v) is 4.90. The first-order valence-electron chi connectivity index (χ1n) is 7.29. The summed E-state index contributed by atoms with van der Waals surface area (Å²) in [5.74, 6) is 1.50. The van der Waals surface area contributed by atoms with Crippen molar-refractivity contribution in [2.24, 2.45) is 0 Å². The fraction of sp³-hybridized carbons (Fsp3) is 0.118. The predicted octanol–water partition coefficient (Wildman–Crippen LogP) is 3.21. The maximum Gasteiger partial charge on any atom is 0.337 e. The van der Waals surface area contributed by atoms with Crippen LogP contribution in [0.1, 0.15) is 16.1 Å². The summed E-state index contributed by atoms with van der Waals surface area (Å²) in [6.07, 6.45) is 3.27. The molecule has 122 valence electrons. The third kappa shape index (κ3) is 3.89. The number of hydrogen-bond acceptors (Lipinski definition) is 7. The highest BCUT2D eigenvalue weighted by atomic mass is 16.5. The molecule has 0 aliphatic rings. The van der Waals surface area contributed by atoms with Gasteiger partial charge in [-0.2, -0.15) is 4.98 Å². The van der Waals surface area contributed by atoms with Gasteiger partial charge in [-0.25, -0.2) is 9.78 Å². The Morgan fingerprint density at radius 2 is 2.17 bits per heavy atom. The summed E-state index contributed by atoms with van der Waals surface area (Å²) in [5.41, 5.74) is 1.15. The van der Waals surface area contributed by atoms with Crippen molar-refractivity contribution < 1.29 is 13.9 Å². The highest BCUT2D eigenvalue weighted by molar-refractivity contribution is 5.90. The second kappa shape index (κ2) is 7.28. The molecule has 0 unspecified atom stereocenters. The summed E-state index contributed by atoms with van der Waals surface area (Å²) in [6.45, 7) is 0.529. The van der Waals surface area contributed by atoms with Crippen molar-refractivity contribution in [3.8, 4) is 0 Å². The molecule has 0 atom stereocenters. The number of benzene rings is 1. The maximum absolute atomic E-state index is 11.6. The van der Waals surface area contributed by atoms with Crippen LogP contribution in [0, 0.1) is 0 Å². The number of nitrogens with zero attached hydrogens (tertiary/aromatic N) is 2. The van der Waals surface area contributed by atoms with Crippen molar-refractivity contribution in [3.63, 3.8) is 0 Å². The zero-order chi connectivity index (χ0) is 16.8. The molecule has 0 aliphatic heterocycles. The van der Waals surface area contributed by atoms with Crippen molar-refractivity contribution in [2.45, 2.75) is 6.54 Å². The molecule has 0 spiro atoms. The first-order chi connectivity index (χ1) is 11.7. The largest absolute Gasteiger partial charge is 0.467 e. The van der Waals surface area contributed by atoms with Gasteiger partial charge in [-0.1, -0.05) is 6.07 Å². The zero-order valence-electron chi connectivity index (χ0n) is 13.0. The highest BCUT2D eigenvalue weighted by Crippen LogP contribution is 2.16. The molecule has 2 aromatic heterocycles.